The quantitative estimate of drug-likeness (QED) is 0.342. The van der Waals surface area contributed by atoms with Crippen molar-refractivity contribution in [3.8, 4) is 22.5 Å². The standard InChI is InChI=1S/C25H23N5/c1-3-19-14-16-20(17-15-19)18(2)27-29-25-26-23(21-10-6-4-7-11-21)24(28-30-25)22-12-8-5-9-13-22/h4-17H,3H2,1-2H3,(H,26,29,30). The number of nitrogens with one attached hydrogen (secondary N) is 1. The van der Waals surface area contributed by atoms with E-state index in [4.69, 9.17) is 4.98 Å². The van der Waals surface area contributed by atoms with Gasteiger partial charge in [-0.1, -0.05) is 91.9 Å². The summed E-state index contributed by atoms with van der Waals surface area (Å²) in [4.78, 5) is 4.72. The Morgan fingerprint density at radius 2 is 1.37 bits per heavy atom. The molecule has 0 saturated carbocycles. The lowest BCUT2D eigenvalue weighted by Crippen LogP contribution is -2.05. The van der Waals surface area contributed by atoms with Crippen LogP contribution in [0.25, 0.3) is 22.5 Å². The van der Waals surface area contributed by atoms with Gasteiger partial charge in [0.05, 0.1) is 5.71 Å². The van der Waals surface area contributed by atoms with Gasteiger partial charge in [-0.25, -0.2) is 10.4 Å². The fourth-order valence-corrected chi connectivity index (χ4v) is 3.14. The maximum absolute atomic E-state index is 4.72. The van der Waals surface area contributed by atoms with Crippen LogP contribution in [0.1, 0.15) is 25.0 Å². The molecule has 0 amide bonds. The second-order valence-corrected chi connectivity index (χ2v) is 6.92. The molecule has 30 heavy (non-hydrogen) atoms. The summed E-state index contributed by atoms with van der Waals surface area (Å²) in [5.41, 5.74) is 9.62. The highest BCUT2D eigenvalue weighted by molar-refractivity contribution is 5.99. The first kappa shape index (κ1) is 19.5. The van der Waals surface area contributed by atoms with Gasteiger partial charge >= 0.3 is 0 Å². The minimum Gasteiger partial charge on any atom is -0.244 e. The smallest absolute Gasteiger partial charge is 0.244 e. The first-order chi connectivity index (χ1) is 14.7. The summed E-state index contributed by atoms with van der Waals surface area (Å²) >= 11 is 0. The zero-order valence-electron chi connectivity index (χ0n) is 17.1. The fraction of sp³-hybridized carbons (Fsp3) is 0.120. The maximum Gasteiger partial charge on any atom is 0.263 e. The van der Waals surface area contributed by atoms with Gasteiger partial charge in [0.1, 0.15) is 11.4 Å². The van der Waals surface area contributed by atoms with E-state index in [2.05, 4.69) is 51.9 Å². The molecular formula is C25H23N5. The van der Waals surface area contributed by atoms with Crippen LogP contribution in [-0.4, -0.2) is 20.9 Å². The topological polar surface area (TPSA) is 63.1 Å². The second-order valence-electron chi connectivity index (χ2n) is 6.92. The van der Waals surface area contributed by atoms with Crippen LogP contribution in [0, 0.1) is 0 Å². The van der Waals surface area contributed by atoms with E-state index in [1.807, 2.05) is 67.6 Å². The number of hydrazone groups is 1. The van der Waals surface area contributed by atoms with Gasteiger partial charge in [0.25, 0.3) is 5.95 Å². The summed E-state index contributed by atoms with van der Waals surface area (Å²) < 4.78 is 0. The highest BCUT2D eigenvalue weighted by atomic mass is 15.4. The summed E-state index contributed by atoms with van der Waals surface area (Å²) in [7, 11) is 0. The lowest BCUT2D eigenvalue weighted by atomic mass is 10.0. The van der Waals surface area contributed by atoms with Crippen molar-refractivity contribution in [3.63, 3.8) is 0 Å². The third-order valence-corrected chi connectivity index (χ3v) is 4.88. The zero-order valence-corrected chi connectivity index (χ0v) is 17.1. The molecule has 1 heterocycles. The molecule has 0 radical (unpaired) electrons. The molecule has 0 aliphatic carbocycles. The minimum absolute atomic E-state index is 0.359. The van der Waals surface area contributed by atoms with E-state index in [-0.39, 0.29) is 0 Å². The summed E-state index contributed by atoms with van der Waals surface area (Å²) in [5, 5.41) is 13.2. The van der Waals surface area contributed by atoms with Crippen LogP contribution in [0.15, 0.2) is 90.0 Å². The Morgan fingerprint density at radius 1 is 0.767 bits per heavy atom. The number of anilines is 1. The van der Waals surface area contributed by atoms with Crippen molar-refractivity contribution in [2.75, 3.05) is 5.43 Å². The molecule has 0 fully saturated rings. The van der Waals surface area contributed by atoms with Crippen LogP contribution in [0.3, 0.4) is 0 Å². The number of benzene rings is 3. The van der Waals surface area contributed by atoms with Gasteiger partial charge in [-0.3, -0.25) is 0 Å². The van der Waals surface area contributed by atoms with Gasteiger partial charge in [0.2, 0.25) is 0 Å². The Kier molecular flexibility index (Phi) is 5.90. The van der Waals surface area contributed by atoms with Gasteiger partial charge in [0.15, 0.2) is 0 Å². The van der Waals surface area contributed by atoms with Crippen molar-refractivity contribution >= 4 is 11.7 Å². The summed E-state index contributed by atoms with van der Waals surface area (Å²) in [6.45, 7) is 4.10. The van der Waals surface area contributed by atoms with Crippen molar-refractivity contribution in [3.05, 3.63) is 96.1 Å². The molecule has 0 atom stereocenters. The Labute approximate surface area is 176 Å². The number of hydrogen-bond donors (Lipinski definition) is 1. The molecular weight excluding hydrogens is 370 g/mol. The van der Waals surface area contributed by atoms with Gasteiger partial charge in [0, 0.05) is 11.1 Å². The summed E-state index contributed by atoms with van der Waals surface area (Å²) in [6, 6.07) is 28.3. The van der Waals surface area contributed by atoms with E-state index in [1.165, 1.54) is 5.56 Å². The molecule has 148 valence electrons. The molecule has 0 unspecified atom stereocenters. The molecule has 1 N–H and O–H groups in total. The van der Waals surface area contributed by atoms with E-state index in [0.717, 1.165) is 40.2 Å². The van der Waals surface area contributed by atoms with E-state index < -0.39 is 0 Å². The SMILES string of the molecule is CCc1ccc(C(C)=NNc2nnc(-c3ccccc3)c(-c3ccccc3)n2)cc1. The molecule has 0 bridgehead atoms. The first-order valence-corrected chi connectivity index (χ1v) is 10.00. The molecule has 0 spiro atoms. The lowest BCUT2D eigenvalue weighted by Gasteiger charge is -2.09. The highest BCUT2D eigenvalue weighted by Crippen LogP contribution is 2.28. The number of hydrogen-bond acceptors (Lipinski definition) is 5. The van der Waals surface area contributed by atoms with Crippen molar-refractivity contribution < 1.29 is 0 Å². The van der Waals surface area contributed by atoms with E-state index >= 15 is 0 Å². The first-order valence-electron chi connectivity index (χ1n) is 10.00. The molecule has 0 saturated heterocycles. The predicted octanol–water partition coefficient (Wildman–Crippen LogP) is 5.60. The summed E-state index contributed by atoms with van der Waals surface area (Å²) in [5.74, 6) is 0.359. The molecule has 5 nitrogen and oxygen atoms in total. The molecule has 0 aliphatic rings. The number of aromatic nitrogens is 3. The Hall–Kier alpha value is -3.86. The van der Waals surface area contributed by atoms with E-state index in [9.17, 15) is 0 Å². The van der Waals surface area contributed by atoms with Crippen LogP contribution < -0.4 is 5.43 Å². The van der Waals surface area contributed by atoms with Crippen LogP contribution >= 0.6 is 0 Å². The van der Waals surface area contributed by atoms with E-state index in [0.29, 0.717) is 5.95 Å². The predicted molar refractivity (Wildman–Crippen MR) is 122 cm³/mol. The third-order valence-electron chi connectivity index (χ3n) is 4.88. The zero-order chi connectivity index (χ0) is 20.8. The van der Waals surface area contributed by atoms with Crippen LogP contribution in [0.5, 0.6) is 0 Å². The Morgan fingerprint density at radius 3 is 1.97 bits per heavy atom. The van der Waals surface area contributed by atoms with E-state index in [1.54, 1.807) is 0 Å². The largest absolute Gasteiger partial charge is 0.263 e. The van der Waals surface area contributed by atoms with Gasteiger partial charge in [-0.2, -0.15) is 5.10 Å². The fourth-order valence-electron chi connectivity index (χ4n) is 3.14. The van der Waals surface area contributed by atoms with Crippen molar-refractivity contribution in [2.45, 2.75) is 20.3 Å². The number of aryl methyl sites for hydroxylation is 1. The Balaban J connectivity index is 1.66. The van der Waals surface area contributed by atoms with Crippen LogP contribution in [0.4, 0.5) is 5.95 Å². The molecule has 5 heteroatoms. The normalized spacial score (nSPS) is 11.3. The van der Waals surface area contributed by atoms with Gasteiger partial charge in [-0.05, 0) is 24.5 Å². The van der Waals surface area contributed by atoms with Gasteiger partial charge < -0.3 is 0 Å². The minimum atomic E-state index is 0.359. The number of nitrogens with zero attached hydrogens (tertiary/aromatic N) is 4. The number of rotatable bonds is 6. The van der Waals surface area contributed by atoms with Crippen LogP contribution in [-0.2, 0) is 6.42 Å². The molecule has 4 rings (SSSR count). The van der Waals surface area contributed by atoms with Gasteiger partial charge in [-0.15, -0.1) is 10.2 Å². The Bertz CT molecular complexity index is 1140. The summed E-state index contributed by atoms with van der Waals surface area (Å²) in [6.07, 6.45) is 1.02. The van der Waals surface area contributed by atoms with Crippen molar-refractivity contribution in [1.82, 2.24) is 15.2 Å². The maximum atomic E-state index is 4.72. The average Bonchev–Trinajstić information content (AvgIpc) is 2.83. The van der Waals surface area contributed by atoms with Crippen molar-refractivity contribution in [1.29, 1.82) is 0 Å². The molecule has 3 aromatic carbocycles. The molecule has 1 aromatic heterocycles. The second kappa shape index (κ2) is 9.09. The van der Waals surface area contributed by atoms with Crippen molar-refractivity contribution in [2.24, 2.45) is 5.10 Å². The molecule has 0 aliphatic heterocycles. The monoisotopic (exact) mass is 393 g/mol. The van der Waals surface area contributed by atoms with Crippen LogP contribution in [0.2, 0.25) is 0 Å². The molecule has 4 aromatic rings. The average molecular weight is 393 g/mol. The lowest BCUT2D eigenvalue weighted by molar-refractivity contribution is 0.972. The third kappa shape index (κ3) is 4.41. The highest BCUT2D eigenvalue weighted by Gasteiger charge is 2.13.